The van der Waals surface area contributed by atoms with Crippen molar-refractivity contribution in [2.24, 2.45) is 4.99 Å². The summed E-state index contributed by atoms with van der Waals surface area (Å²) in [4.78, 5) is 6.35. The molecule has 8 heteroatoms. The van der Waals surface area contributed by atoms with Crippen LogP contribution in [0.2, 0.25) is 0 Å². The van der Waals surface area contributed by atoms with Crippen molar-refractivity contribution in [2.75, 3.05) is 37.8 Å². The predicted octanol–water partition coefficient (Wildman–Crippen LogP) is 3.17. The molecule has 1 saturated heterocycles. The maximum Gasteiger partial charge on any atom is 0.387 e. The van der Waals surface area contributed by atoms with E-state index in [9.17, 15) is 8.78 Å². The van der Waals surface area contributed by atoms with Gasteiger partial charge in [-0.25, -0.2) is 0 Å². The quantitative estimate of drug-likeness (QED) is 0.557. The topological polar surface area (TPSA) is 48.9 Å². The van der Waals surface area contributed by atoms with E-state index in [4.69, 9.17) is 0 Å². The zero-order valence-corrected chi connectivity index (χ0v) is 16.6. The van der Waals surface area contributed by atoms with Crippen LogP contribution in [0.1, 0.15) is 20.3 Å². The fourth-order valence-corrected chi connectivity index (χ4v) is 2.98. The second-order valence-corrected chi connectivity index (χ2v) is 8.33. The molecule has 0 amide bonds. The summed E-state index contributed by atoms with van der Waals surface area (Å²) >= 11 is 1.80. The van der Waals surface area contributed by atoms with Gasteiger partial charge in [0.25, 0.3) is 0 Å². The summed E-state index contributed by atoms with van der Waals surface area (Å²) in [5.41, 5.74) is 0.698. The van der Waals surface area contributed by atoms with E-state index in [0.717, 1.165) is 25.5 Å². The van der Waals surface area contributed by atoms with E-state index < -0.39 is 6.61 Å². The molecular weight excluding hydrogens is 358 g/mol. The average Bonchev–Trinajstić information content (AvgIpc) is 3.07. The number of alkyl halides is 2. The molecule has 0 spiro atoms. The van der Waals surface area contributed by atoms with Crippen LogP contribution >= 0.6 is 11.8 Å². The molecule has 1 aliphatic heterocycles. The molecule has 0 aromatic heterocycles. The Kier molecular flexibility index (Phi) is 7.37. The molecule has 2 rings (SSSR count). The van der Waals surface area contributed by atoms with Gasteiger partial charge in [0.2, 0.25) is 0 Å². The van der Waals surface area contributed by atoms with Crippen molar-refractivity contribution in [3.05, 3.63) is 24.3 Å². The summed E-state index contributed by atoms with van der Waals surface area (Å²) in [6, 6.07) is 7.12. The van der Waals surface area contributed by atoms with Gasteiger partial charge < -0.3 is 20.3 Å². The first kappa shape index (κ1) is 20.6. The fourth-order valence-electron chi connectivity index (χ4n) is 2.77. The number of rotatable bonds is 7. The van der Waals surface area contributed by atoms with E-state index in [-0.39, 0.29) is 16.5 Å². The lowest BCUT2D eigenvalue weighted by molar-refractivity contribution is -0.0495. The molecule has 0 aliphatic carbocycles. The van der Waals surface area contributed by atoms with Crippen LogP contribution in [0.15, 0.2) is 29.3 Å². The zero-order valence-electron chi connectivity index (χ0n) is 15.8. The van der Waals surface area contributed by atoms with Crippen LogP contribution in [0.4, 0.5) is 14.5 Å². The number of nitrogens with one attached hydrogen (secondary N) is 2. The van der Waals surface area contributed by atoms with Crippen molar-refractivity contribution in [3.63, 3.8) is 0 Å². The van der Waals surface area contributed by atoms with Crippen LogP contribution in [0.5, 0.6) is 5.75 Å². The summed E-state index contributed by atoms with van der Waals surface area (Å²) in [5.74, 6) is 0.975. The Morgan fingerprint density at radius 2 is 2.15 bits per heavy atom. The summed E-state index contributed by atoms with van der Waals surface area (Å²) in [5, 5.41) is 6.78. The number of guanidine groups is 1. The highest BCUT2D eigenvalue weighted by molar-refractivity contribution is 7.99. The molecule has 1 unspecified atom stereocenters. The number of hydrogen-bond donors (Lipinski definition) is 2. The molecule has 1 heterocycles. The summed E-state index contributed by atoms with van der Waals surface area (Å²) in [6.07, 6.45) is 2.99. The highest BCUT2D eigenvalue weighted by atomic mass is 32.2. The van der Waals surface area contributed by atoms with E-state index >= 15 is 0 Å². The van der Waals surface area contributed by atoms with Crippen LogP contribution in [0.25, 0.3) is 0 Å². The smallest absolute Gasteiger partial charge is 0.387 e. The molecule has 5 nitrogen and oxygen atoms in total. The van der Waals surface area contributed by atoms with Crippen molar-refractivity contribution in [1.82, 2.24) is 10.6 Å². The number of halogens is 2. The number of aliphatic imine (C=N–C) groups is 1. The normalized spacial score (nSPS) is 18.3. The van der Waals surface area contributed by atoms with E-state index in [1.165, 1.54) is 0 Å². The minimum absolute atomic E-state index is 0.116. The molecule has 0 bridgehead atoms. The predicted molar refractivity (Wildman–Crippen MR) is 106 cm³/mol. The Morgan fingerprint density at radius 3 is 2.81 bits per heavy atom. The summed E-state index contributed by atoms with van der Waals surface area (Å²) in [6.45, 7) is 3.81. The van der Waals surface area contributed by atoms with Crippen LogP contribution in [0, 0.1) is 0 Å². The Morgan fingerprint density at radius 1 is 1.42 bits per heavy atom. The molecule has 1 atom stereocenters. The van der Waals surface area contributed by atoms with Crippen molar-refractivity contribution in [2.45, 2.75) is 37.7 Å². The Bertz CT molecular complexity index is 613. The first-order valence-electron chi connectivity index (χ1n) is 8.66. The van der Waals surface area contributed by atoms with Gasteiger partial charge in [0.05, 0.1) is 5.69 Å². The van der Waals surface area contributed by atoms with Gasteiger partial charge >= 0.3 is 6.61 Å². The van der Waals surface area contributed by atoms with Crippen LogP contribution in [0.3, 0.4) is 0 Å². The van der Waals surface area contributed by atoms with Gasteiger partial charge in [-0.3, -0.25) is 4.99 Å². The standard InChI is InChI=1S/C18H28F2N4OS/c1-18(2,26-4)12-22-17(21-3)23-13-9-10-24(11-13)14-7-5-6-8-15(14)25-16(19)20/h5-8,13,16H,9-12H2,1-4H3,(H2,21,22,23). The molecule has 1 aliphatic rings. The SMILES string of the molecule is CN=C(NCC(C)(C)SC)NC1CCN(c2ccccc2OC(F)F)C1. The van der Waals surface area contributed by atoms with Crippen molar-refractivity contribution in [3.8, 4) is 5.75 Å². The lowest BCUT2D eigenvalue weighted by atomic mass is 10.2. The number of anilines is 1. The fraction of sp³-hybridized carbons (Fsp3) is 0.611. The van der Waals surface area contributed by atoms with Gasteiger partial charge in [0, 0.05) is 37.5 Å². The second kappa shape index (κ2) is 9.30. The van der Waals surface area contributed by atoms with E-state index in [2.05, 4.69) is 45.4 Å². The van der Waals surface area contributed by atoms with Crippen molar-refractivity contribution >= 4 is 23.4 Å². The lowest BCUT2D eigenvalue weighted by Crippen LogP contribution is -2.47. The van der Waals surface area contributed by atoms with E-state index in [0.29, 0.717) is 12.2 Å². The Balaban J connectivity index is 1.94. The van der Waals surface area contributed by atoms with E-state index in [1.807, 2.05) is 12.1 Å². The minimum Gasteiger partial charge on any atom is -0.433 e. The minimum atomic E-state index is -2.82. The van der Waals surface area contributed by atoms with Gasteiger partial charge in [-0.2, -0.15) is 20.5 Å². The number of ether oxygens (including phenoxy) is 1. The van der Waals surface area contributed by atoms with Crippen LogP contribution < -0.4 is 20.3 Å². The third-order valence-corrected chi connectivity index (χ3v) is 5.66. The van der Waals surface area contributed by atoms with Gasteiger partial charge in [0.15, 0.2) is 5.96 Å². The van der Waals surface area contributed by atoms with Crippen LogP contribution in [-0.2, 0) is 0 Å². The maximum absolute atomic E-state index is 12.6. The highest BCUT2D eigenvalue weighted by Gasteiger charge is 2.26. The molecule has 1 aromatic carbocycles. The number of benzene rings is 1. The average molecular weight is 387 g/mol. The molecule has 0 saturated carbocycles. The number of thioether (sulfide) groups is 1. The molecule has 1 fully saturated rings. The molecule has 26 heavy (non-hydrogen) atoms. The molecule has 0 radical (unpaired) electrons. The van der Waals surface area contributed by atoms with Gasteiger partial charge in [-0.05, 0) is 38.7 Å². The largest absolute Gasteiger partial charge is 0.433 e. The van der Waals surface area contributed by atoms with Crippen LogP contribution in [-0.4, -0.2) is 56.3 Å². The van der Waals surface area contributed by atoms with E-state index in [1.54, 1.807) is 30.9 Å². The third kappa shape index (κ3) is 5.93. The molecule has 1 aromatic rings. The van der Waals surface area contributed by atoms with Crippen molar-refractivity contribution < 1.29 is 13.5 Å². The summed E-state index contributed by atoms with van der Waals surface area (Å²) in [7, 11) is 1.75. The molecular formula is C18H28F2N4OS. The number of nitrogens with zero attached hydrogens (tertiary/aromatic N) is 2. The first-order valence-corrected chi connectivity index (χ1v) is 9.88. The Labute approximate surface area is 158 Å². The zero-order chi connectivity index (χ0) is 19.2. The highest BCUT2D eigenvalue weighted by Crippen LogP contribution is 2.31. The molecule has 146 valence electrons. The maximum atomic E-state index is 12.6. The van der Waals surface area contributed by atoms with Gasteiger partial charge in [-0.1, -0.05) is 12.1 Å². The van der Waals surface area contributed by atoms with Gasteiger partial charge in [-0.15, -0.1) is 0 Å². The van der Waals surface area contributed by atoms with Crippen molar-refractivity contribution in [1.29, 1.82) is 0 Å². The second-order valence-electron chi connectivity index (χ2n) is 6.81. The first-order chi connectivity index (χ1) is 12.3. The number of para-hydroxylation sites is 2. The third-order valence-electron chi connectivity index (χ3n) is 4.41. The lowest BCUT2D eigenvalue weighted by Gasteiger charge is -2.25. The van der Waals surface area contributed by atoms with Gasteiger partial charge in [0.1, 0.15) is 5.75 Å². The Hall–Kier alpha value is -1.70. The molecule has 2 N–H and O–H groups in total. The summed E-state index contributed by atoms with van der Waals surface area (Å²) < 4.78 is 30.0. The number of hydrogen-bond acceptors (Lipinski definition) is 4. The monoisotopic (exact) mass is 386 g/mol.